The monoisotopic (exact) mass is 312 g/mol. The summed E-state index contributed by atoms with van der Waals surface area (Å²) in [5, 5.41) is 13.6. The maximum absolute atomic E-state index is 11.9. The van der Waals surface area contributed by atoms with Gasteiger partial charge in [0.15, 0.2) is 15.5 Å². The van der Waals surface area contributed by atoms with Crippen molar-refractivity contribution in [3.8, 4) is 0 Å². The van der Waals surface area contributed by atoms with Gasteiger partial charge in [0.2, 0.25) is 0 Å². The first-order valence-electron chi connectivity index (χ1n) is 7.06. The summed E-state index contributed by atoms with van der Waals surface area (Å²) in [6.07, 6.45) is 1.59. The summed E-state index contributed by atoms with van der Waals surface area (Å²) in [5.41, 5.74) is 0.234. The second-order valence-corrected chi connectivity index (χ2v) is 7.44. The Morgan fingerprint density at radius 1 is 1.38 bits per heavy atom. The summed E-state index contributed by atoms with van der Waals surface area (Å²) in [7, 11) is -2.91. The van der Waals surface area contributed by atoms with Crippen LogP contribution in [0.4, 0.5) is 5.82 Å². The molecule has 0 aliphatic carbocycles. The number of carbonyl (C=O) groups excluding carboxylic acids is 1. The first kappa shape index (κ1) is 15.7. The lowest BCUT2D eigenvalue weighted by Gasteiger charge is -2.09. The van der Waals surface area contributed by atoms with Gasteiger partial charge in [0.05, 0.1) is 11.5 Å². The maximum Gasteiger partial charge on any atom is 0.271 e. The molecule has 2 rings (SSSR count). The first-order valence-corrected chi connectivity index (χ1v) is 8.88. The quantitative estimate of drug-likeness (QED) is 0.791. The van der Waals surface area contributed by atoms with Crippen LogP contribution in [0.5, 0.6) is 0 Å². The maximum atomic E-state index is 11.9. The van der Waals surface area contributed by atoms with Crippen molar-refractivity contribution in [2.75, 3.05) is 29.9 Å². The molecule has 0 radical (unpaired) electrons. The molecule has 0 bridgehead atoms. The van der Waals surface area contributed by atoms with Gasteiger partial charge in [0.25, 0.3) is 5.91 Å². The second-order valence-electron chi connectivity index (χ2n) is 5.21. The largest absolute Gasteiger partial charge is 0.369 e. The molecule has 0 saturated carbocycles. The Labute approximate surface area is 124 Å². The third-order valence-corrected chi connectivity index (χ3v) is 5.17. The van der Waals surface area contributed by atoms with Crippen LogP contribution in [0, 0.1) is 5.92 Å². The van der Waals surface area contributed by atoms with Gasteiger partial charge in [-0.1, -0.05) is 6.92 Å². The molecule has 2 heterocycles. The van der Waals surface area contributed by atoms with Crippen LogP contribution in [-0.4, -0.2) is 49.1 Å². The molecule has 1 saturated heterocycles. The summed E-state index contributed by atoms with van der Waals surface area (Å²) in [6.45, 7) is 3.21. The molecule has 2 N–H and O–H groups in total. The van der Waals surface area contributed by atoms with Crippen molar-refractivity contribution < 1.29 is 13.2 Å². The van der Waals surface area contributed by atoms with Crippen molar-refractivity contribution in [1.29, 1.82) is 0 Å². The highest BCUT2D eigenvalue weighted by molar-refractivity contribution is 7.91. The summed E-state index contributed by atoms with van der Waals surface area (Å²) in [6, 6.07) is 3.31. The molecule has 1 aromatic heterocycles. The Kier molecular flexibility index (Phi) is 5.11. The number of amides is 1. The van der Waals surface area contributed by atoms with Gasteiger partial charge in [-0.2, -0.15) is 0 Å². The van der Waals surface area contributed by atoms with Gasteiger partial charge >= 0.3 is 0 Å². The van der Waals surface area contributed by atoms with E-state index in [4.69, 9.17) is 0 Å². The number of carbonyl (C=O) groups is 1. The van der Waals surface area contributed by atoms with E-state index in [9.17, 15) is 13.2 Å². The highest BCUT2D eigenvalue weighted by Gasteiger charge is 2.28. The number of hydrogen-bond donors (Lipinski definition) is 2. The lowest BCUT2D eigenvalue weighted by molar-refractivity contribution is 0.0942. The zero-order valence-corrected chi connectivity index (χ0v) is 12.8. The van der Waals surface area contributed by atoms with E-state index in [0.29, 0.717) is 18.8 Å². The fourth-order valence-electron chi connectivity index (χ4n) is 2.16. The molecule has 0 spiro atoms. The third kappa shape index (κ3) is 4.66. The van der Waals surface area contributed by atoms with Crippen LogP contribution >= 0.6 is 0 Å². The summed E-state index contributed by atoms with van der Waals surface area (Å²) >= 11 is 0. The number of sulfone groups is 1. The molecule has 0 aromatic carbocycles. The molecule has 1 aromatic rings. The highest BCUT2D eigenvalue weighted by Crippen LogP contribution is 2.17. The molecule has 1 aliphatic rings. The molecule has 8 heteroatoms. The van der Waals surface area contributed by atoms with Crippen molar-refractivity contribution in [2.24, 2.45) is 5.92 Å². The molecule has 1 unspecified atom stereocenters. The number of anilines is 1. The van der Waals surface area contributed by atoms with Gasteiger partial charge in [-0.15, -0.1) is 10.2 Å². The predicted molar refractivity (Wildman–Crippen MR) is 79.9 cm³/mol. The number of hydrogen-bond acceptors (Lipinski definition) is 6. The van der Waals surface area contributed by atoms with Crippen LogP contribution in [0.1, 0.15) is 30.3 Å². The van der Waals surface area contributed by atoms with Crippen LogP contribution in [0.3, 0.4) is 0 Å². The van der Waals surface area contributed by atoms with Gasteiger partial charge in [0.1, 0.15) is 5.82 Å². The SMILES string of the molecule is CCCNc1ccc(C(=O)NCC2CCS(=O)(=O)C2)nn1. The van der Waals surface area contributed by atoms with Gasteiger partial charge in [-0.3, -0.25) is 4.79 Å². The molecule has 21 heavy (non-hydrogen) atoms. The van der Waals surface area contributed by atoms with Crippen molar-refractivity contribution in [3.05, 3.63) is 17.8 Å². The van der Waals surface area contributed by atoms with E-state index in [1.54, 1.807) is 12.1 Å². The normalized spacial score (nSPS) is 20.1. The standard InChI is InChI=1S/C13H20N4O3S/c1-2-6-14-12-4-3-11(16-17-12)13(18)15-8-10-5-7-21(19,20)9-10/h3-4,10H,2,5-9H2,1H3,(H,14,17)(H,15,18). The van der Waals surface area contributed by atoms with E-state index in [0.717, 1.165) is 13.0 Å². The molecule has 116 valence electrons. The lowest BCUT2D eigenvalue weighted by Crippen LogP contribution is -2.30. The second kappa shape index (κ2) is 6.84. The molecule has 1 amide bonds. The molecule has 1 aliphatic heterocycles. The van der Waals surface area contributed by atoms with Gasteiger partial charge in [-0.05, 0) is 30.9 Å². The molecule has 7 nitrogen and oxygen atoms in total. The summed E-state index contributed by atoms with van der Waals surface area (Å²) < 4.78 is 22.7. The number of nitrogens with one attached hydrogen (secondary N) is 2. The smallest absolute Gasteiger partial charge is 0.271 e. The first-order chi connectivity index (χ1) is 10.00. The topological polar surface area (TPSA) is 101 Å². The summed E-state index contributed by atoms with van der Waals surface area (Å²) in [4.78, 5) is 11.9. The highest BCUT2D eigenvalue weighted by atomic mass is 32.2. The Morgan fingerprint density at radius 3 is 2.76 bits per heavy atom. The van der Waals surface area contributed by atoms with Crippen molar-refractivity contribution in [1.82, 2.24) is 15.5 Å². The van der Waals surface area contributed by atoms with Gasteiger partial charge < -0.3 is 10.6 Å². The number of nitrogens with zero attached hydrogens (tertiary/aromatic N) is 2. The Morgan fingerprint density at radius 2 is 2.19 bits per heavy atom. The van der Waals surface area contributed by atoms with Crippen molar-refractivity contribution in [2.45, 2.75) is 19.8 Å². The minimum Gasteiger partial charge on any atom is -0.369 e. The van der Waals surface area contributed by atoms with E-state index < -0.39 is 9.84 Å². The van der Waals surface area contributed by atoms with Gasteiger partial charge in [-0.25, -0.2) is 8.42 Å². The molecule has 1 atom stereocenters. The Balaban J connectivity index is 1.83. The minimum atomic E-state index is -2.91. The van der Waals surface area contributed by atoms with Crippen LogP contribution in [0.15, 0.2) is 12.1 Å². The fraction of sp³-hybridized carbons (Fsp3) is 0.615. The van der Waals surface area contributed by atoms with Gasteiger partial charge in [0, 0.05) is 13.1 Å². The van der Waals surface area contributed by atoms with Crippen LogP contribution in [0.2, 0.25) is 0 Å². The third-order valence-electron chi connectivity index (χ3n) is 3.33. The van der Waals surface area contributed by atoms with E-state index in [1.165, 1.54) is 0 Å². The molecular weight excluding hydrogens is 292 g/mol. The average Bonchev–Trinajstić information content (AvgIpc) is 2.82. The van der Waals surface area contributed by atoms with E-state index in [1.807, 2.05) is 6.92 Å². The molecule has 1 fully saturated rings. The van der Waals surface area contributed by atoms with Crippen LogP contribution < -0.4 is 10.6 Å². The zero-order valence-electron chi connectivity index (χ0n) is 12.0. The van der Waals surface area contributed by atoms with E-state index in [-0.39, 0.29) is 29.0 Å². The Bertz CT molecular complexity index is 586. The molecular formula is C13H20N4O3S. The Hall–Kier alpha value is -1.70. The lowest BCUT2D eigenvalue weighted by atomic mass is 10.1. The number of rotatable bonds is 6. The predicted octanol–water partition coefficient (Wildman–Crippen LogP) is 0.463. The van der Waals surface area contributed by atoms with E-state index >= 15 is 0 Å². The van der Waals surface area contributed by atoms with Crippen molar-refractivity contribution >= 4 is 21.6 Å². The van der Waals surface area contributed by atoms with Crippen molar-refractivity contribution in [3.63, 3.8) is 0 Å². The summed E-state index contributed by atoms with van der Waals surface area (Å²) in [5.74, 6) is 0.672. The number of aromatic nitrogens is 2. The van der Waals surface area contributed by atoms with E-state index in [2.05, 4.69) is 20.8 Å². The average molecular weight is 312 g/mol. The fourth-order valence-corrected chi connectivity index (χ4v) is 4.02. The zero-order chi connectivity index (χ0) is 15.3. The van der Waals surface area contributed by atoms with Crippen LogP contribution in [-0.2, 0) is 9.84 Å². The van der Waals surface area contributed by atoms with Crippen LogP contribution in [0.25, 0.3) is 0 Å². The minimum absolute atomic E-state index is 0.00240.